The van der Waals surface area contributed by atoms with Gasteiger partial charge >= 0.3 is 0 Å². The summed E-state index contributed by atoms with van der Waals surface area (Å²) >= 11 is 7.62. The molecule has 0 bridgehead atoms. The fourth-order valence-corrected chi connectivity index (χ4v) is 3.80. The minimum absolute atomic E-state index is 0.119. The van der Waals surface area contributed by atoms with Gasteiger partial charge in [-0.2, -0.15) is 11.8 Å². The van der Waals surface area contributed by atoms with Crippen molar-refractivity contribution in [3.63, 3.8) is 0 Å². The van der Waals surface area contributed by atoms with Crippen molar-refractivity contribution in [3.8, 4) is 0 Å². The molecule has 1 aromatic carbocycles. The molecule has 1 unspecified atom stereocenters. The second kappa shape index (κ2) is 7.50. The Hall–Kier alpha value is -0.270. The molecule has 1 atom stereocenters. The van der Waals surface area contributed by atoms with E-state index in [0.29, 0.717) is 10.6 Å². The molecule has 0 amide bonds. The fourth-order valence-electron chi connectivity index (χ4n) is 1.54. The Balaban J connectivity index is 2.88. The summed E-state index contributed by atoms with van der Waals surface area (Å²) in [6.07, 6.45) is 0. The van der Waals surface area contributed by atoms with E-state index >= 15 is 0 Å². The largest absolute Gasteiger partial charge is 0.326 e. The average Bonchev–Trinajstić information content (AvgIpc) is 2.36. The molecule has 7 heteroatoms. The van der Waals surface area contributed by atoms with Crippen LogP contribution in [-0.4, -0.2) is 26.0 Å². The van der Waals surface area contributed by atoms with E-state index in [2.05, 4.69) is 4.72 Å². The number of rotatable bonds is 7. The van der Waals surface area contributed by atoms with Crippen LogP contribution in [0.3, 0.4) is 0 Å². The van der Waals surface area contributed by atoms with Gasteiger partial charge in [0.2, 0.25) is 10.0 Å². The van der Waals surface area contributed by atoms with Crippen LogP contribution >= 0.6 is 23.4 Å². The molecule has 1 rings (SSSR count). The molecular weight excluding hydrogens is 304 g/mol. The molecule has 0 heterocycles. The first-order valence-electron chi connectivity index (χ1n) is 5.99. The van der Waals surface area contributed by atoms with Crippen molar-refractivity contribution in [2.24, 2.45) is 5.73 Å². The van der Waals surface area contributed by atoms with Gasteiger partial charge in [-0.1, -0.05) is 18.5 Å². The van der Waals surface area contributed by atoms with Gasteiger partial charge in [-0.05, 0) is 36.4 Å². The molecule has 108 valence electrons. The van der Waals surface area contributed by atoms with Crippen molar-refractivity contribution in [1.82, 2.24) is 4.72 Å². The Morgan fingerprint density at radius 3 is 2.74 bits per heavy atom. The van der Waals surface area contributed by atoms with Gasteiger partial charge in [0, 0.05) is 23.4 Å². The number of halogens is 1. The maximum absolute atomic E-state index is 12.2. The number of hydrogen-bond acceptors (Lipinski definition) is 4. The highest BCUT2D eigenvalue weighted by atomic mass is 35.5. The monoisotopic (exact) mass is 322 g/mol. The second-order valence-corrected chi connectivity index (χ2v) is 7.58. The third-order valence-corrected chi connectivity index (χ3v) is 5.58. The van der Waals surface area contributed by atoms with Crippen LogP contribution in [0.25, 0.3) is 0 Å². The minimum Gasteiger partial charge on any atom is -0.326 e. The summed E-state index contributed by atoms with van der Waals surface area (Å²) in [5, 5.41) is 0.482. The molecule has 4 nitrogen and oxygen atoms in total. The maximum Gasteiger partial charge on any atom is 0.240 e. The highest BCUT2D eigenvalue weighted by molar-refractivity contribution is 7.99. The molecule has 0 aliphatic heterocycles. The Labute approximate surface area is 124 Å². The van der Waals surface area contributed by atoms with E-state index in [4.69, 9.17) is 17.3 Å². The summed E-state index contributed by atoms with van der Waals surface area (Å²) in [5.74, 6) is 1.71. The first-order valence-corrected chi connectivity index (χ1v) is 9.00. The first kappa shape index (κ1) is 16.8. The lowest BCUT2D eigenvalue weighted by atomic mass is 10.2. The molecular formula is C12H19ClN2O2S2. The number of nitrogens with one attached hydrogen (secondary N) is 1. The number of sulfonamides is 1. The SMILES string of the molecule is CCSCC(C)NS(=O)(=O)c1ccc(Cl)c(CN)c1. The van der Waals surface area contributed by atoms with Gasteiger partial charge in [0.15, 0.2) is 0 Å². The summed E-state index contributed by atoms with van der Waals surface area (Å²) in [6, 6.07) is 4.45. The van der Waals surface area contributed by atoms with Gasteiger partial charge in [-0.25, -0.2) is 13.1 Å². The number of benzene rings is 1. The second-order valence-electron chi connectivity index (χ2n) is 4.14. The quantitative estimate of drug-likeness (QED) is 0.807. The predicted molar refractivity (Wildman–Crippen MR) is 82.1 cm³/mol. The van der Waals surface area contributed by atoms with Crippen LogP contribution in [-0.2, 0) is 16.6 Å². The van der Waals surface area contributed by atoms with Crippen molar-refractivity contribution in [1.29, 1.82) is 0 Å². The standard InChI is InChI=1S/C12H19ClN2O2S2/c1-3-18-8-9(2)15-19(16,17)11-4-5-12(13)10(6-11)7-14/h4-6,9,15H,3,7-8,14H2,1-2H3. The van der Waals surface area contributed by atoms with E-state index in [9.17, 15) is 8.42 Å². The maximum atomic E-state index is 12.2. The molecule has 0 aliphatic rings. The van der Waals surface area contributed by atoms with Gasteiger partial charge in [-0.15, -0.1) is 0 Å². The molecule has 0 saturated carbocycles. The Kier molecular flexibility index (Phi) is 6.62. The van der Waals surface area contributed by atoms with Crippen LogP contribution in [0.2, 0.25) is 5.02 Å². The Morgan fingerprint density at radius 2 is 2.16 bits per heavy atom. The summed E-state index contributed by atoms with van der Waals surface area (Å²) in [4.78, 5) is 0.200. The molecule has 19 heavy (non-hydrogen) atoms. The summed E-state index contributed by atoms with van der Waals surface area (Å²) in [7, 11) is -3.52. The van der Waals surface area contributed by atoms with Gasteiger partial charge in [-0.3, -0.25) is 0 Å². The topological polar surface area (TPSA) is 72.2 Å². The molecule has 0 fully saturated rings. The molecule has 3 N–H and O–H groups in total. The van der Waals surface area contributed by atoms with E-state index in [1.165, 1.54) is 12.1 Å². The van der Waals surface area contributed by atoms with E-state index in [0.717, 1.165) is 11.5 Å². The van der Waals surface area contributed by atoms with E-state index in [1.54, 1.807) is 17.8 Å². The van der Waals surface area contributed by atoms with Crippen LogP contribution in [0.15, 0.2) is 23.1 Å². The van der Waals surface area contributed by atoms with Crippen LogP contribution in [0, 0.1) is 0 Å². The van der Waals surface area contributed by atoms with Gasteiger partial charge in [0.25, 0.3) is 0 Å². The van der Waals surface area contributed by atoms with Crippen molar-refractivity contribution in [2.45, 2.75) is 31.3 Å². The zero-order chi connectivity index (χ0) is 14.5. The highest BCUT2D eigenvalue weighted by Gasteiger charge is 2.18. The van der Waals surface area contributed by atoms with Crippen LogP contribution in [0.4, 0.5) is 0 Å². The summed E-state index contributed by atoms with van der Waals surface area (Å²) in [5.41, 5.74) is 6.15. The van der Waals surface area contributed by atoms with Crippen molar-refractivity contribution in [2.75, 3.05) is 11.5 Å². The highest BCUT2D eigenvalue weighted by Crippen LogP contribution is 2.20. The lowest BCUT2D eigenvalue weighted by molar-refractivity contribution is 0.571. The zero-order valence-electron chi connectivity index (χ0n) is 11.0. The molecule has 0 spiro atoms. The summed E-state index contributed by atoms with van der Waals surface area (Å²) < 4.78 is 27.0. The van der Waals surface area contributed by atoms with Gasteiger partial charge in [0.1, 0.15) is 0 Å². The Morgan fingerprint density at radius 1 is 1.47 bits per heavy atom. The van der Waals surface area contributed by atoms with Gasteiger partial charge < -0.3 is 5.73 Å². The van der Waals surface area contributed by atoms with E-state index < -0.39 is 10.0 Å². The van der Waals surface area contributed by atoms with Crippen molar-refractivity contribution >= 4 is 33.4 Å². The zero-order valence-corrected chi connectivity index (χ0v) is 13.4. The van der Waals surface area contributed by atoms with E-state index in [-0.39, 0.29) is 17.5 Å². The lowest BCUT2D eigenvalue weighted by Crippen LogP contribution is -2.34. The molecule has 0 aliphatic carbocycles. The fraction of sp³-hybridized carbons (Fsp3) is 0.500. The van der Waals surface area contributed by atoms with Crippen molar-refractivity contribution < 1.29 is 8.42 Å². The number of nitrogens with two attached hydrogens (primary N) is 1. The average molecular weight is 323 g/mol. The van der Waals surface area contributed by atoms with Crippen molar-refractivity contribution in [3.05, 3.63) is 28.8 Å². The number of hydrogen-bond donors (Lipinski definition) is 2. The lowest BCUT2D eigenvalue weighted by Gasteiger charge is -2.14. The first-order chi connectivity index (χ1) is 8.90. The van der Waals surface area contributed by atoms with Crippen LogP contribution in [0.5, 0.6) is 0 Å². The van der Waals surface area contributed by atoms with E-state index in [1.807, 2.05) is 13.8 Å². The van der Waals surface area contributed by atoms with Crippen LogP contribution in [0.1, 0.15) is 19.4 Å². The third kappa shape index (κ3) is 4.96. The molecule has 0 saturated heterocycles. The molecule has 0 radical (unpaired) electrons. The summed E-state index contributed by atoms with van der Waals surface area (Å²) in [6.45, 7) is 4.10. The molecule has 0 aromatic heterocycles. The normalized spacial score (nSPS) is 13.5. The van der Waals surface area contributed by atoms with Gasteiger partial charge in [0.05, 0.1) is 4.90 Å². The minimum atomic E-state index is -3.52. The Bertz CT molecular complexity index is 520. The molecule has 1 aromatic rings. The van der Waals surface area contributed by atoms with Crippen LogP contribution < -0.4 is 10.5 Å². The number of thioether (sulfide) groups is 1. The third-order valence-electron chi connectivity index (χ3n) is 2.48. The smallest absolute Gasteiger partial charge is 0.240 e. The predicted octanol–water partition coefficient (Wildman–Crippen LogP) is 2.22.